The summed E-state index contributed by atoms with van der Waals surface area (Å²) < 4.78 is 5.44. The molecule has 4 nitrogen and oxygen atoms in total. The summed E-state index contributed by atoms with van der Waals surface area (Å²) in [5.74, 6) is -0.710. The van der Waals surface area contributed by atoms with Crippen LogP contribution >= 0.6 is 0 Å². The van der Waals surface area contributed by atoms with E-state index in [-0.39, 0.29) is 12.3 Å². The van der Waals surface area contributed by atoms with Crippen molar-refractivity contribution in [2.24, 2.45) is 0 Å². The lowest BCUT2D eigenvalue weighted by atomic mass is 9.93. The first-order chi connectivity index (χ1) is 7.59. The molecule has 0 aromatic carbocycles. The van der Waals surface area contributed by atoms with Gasteiger partial charge in [-0.05, 0) is 18.4 Å². The summed E-state index contributed by atoms with van der Waals surface area (Å²) in [6.07, 6.45) is 1.07. The van der Waals surface area contributed by atoms with E-state index in [2.05, 4.69) is 4.98 Å². The number of hydrogen-bond acceptors (Lipinski definition) is 2. The molecule has 0 fully saturated rings. The zero-order valence-electron chi connectivity index (χ0n) is 9.67. The molecule has 1 aromatic heterocycles. The Kier molecular flexibility index (Phi) is 3.01. The maximum Gasteiger partial charge on any atom is 0.303 e. The molecule has 16 heavy (non-hydrogen) atoms. The molecule has 0 bridgehead atoms. The van der Waals surface area contributed by atoms with Crippen LogP contribution in [0.3, 0.4) is 0 Å². The van der Waals surface area contributed by atoms with E-state index >= 15 is 0 Å². The molecule has 88 valence electrons. The highest BCUT2D eigenvalue weighted by molar-refractivity contribution is 5.68. The van der Waals surface area contributed by atoms with Crippen molar-refractivity contribution in [3.63, 3.8) is 0 Å². The van der Waals surface area contributed by atoms with Crippen molar-refractivity contribution in [3.8, 4) is 0 Å². The van der Waals surface area contributed by atoms with Crippen molar-refractivity contribution in [1.29, 1.82) is 0 Å². The number of aromatic amines is 1. The van der Waals surface area contributed by atoms with E-state index in [1.54, 1.807) is 0 Å². The van der Waals surface area contributed by atoms with Gasteiger partial charge in [-0.2, -0.15) is 0 Å². The highest BCUT2D eigenvalue weighted by Crippen LogP contribution is 2.31. The molecule has 4 heteroatoms. The van der Waals surface area contributed by atoms with Gasteiger partial charge in [-0.25, -0.2) is 0 Å². The van der Waals surface area contributed by atoms with E-state index in [0.29, 0.717) is 6.61 Å². The predicted molar refractivity (Wildman–Crippen MR) is 59.6 cm³/mol. The molecule has 1 unspecified atom stereocenters. The van der Waals surface area contributed by atoms with Crippen LogP contribution in [-0.4, -0.2) is 22.7 Å². The van der Waals surface area contributed by atoms with Gasteiger partial charge >= 0.3 is 5.97 Å². The molecule has 1 aliphatic heterocycles. The second-order valence-electron chi connectivity index (χ2n) is 4.42. The van der Waals surface area contributed by atoms with Crippen LogP contribution in [0.2, 0.25) is 0 Å². The Labute approximate surface area is 94.6 Å². The molecule has 2 heterocycles. The van der Waals surface area contributed by atoms with E-state index < -0.39 is 5.97 Å². The Hall–Kier alpha value is -1.29. The number of rotatable bonds is 3. The molecule has 2 rings (SSSR count). The van der Waals surface area contributed by atoms with Crippen LogP contribution < -0.4 is 0 Å². The molecule has 0 saturated heterocycles. The molecule has 1 aliphatic rings. The number of aryl methyl sites for hydroxylation is 1. The van der Waals surface area contributed by atoms with Crippen molar-refractivity contribution >= 4 is 5.97 Å². The van der Waals surface area contributed by atoms with Crippen molar-refractivity contribution in [1.82, 2.24) is 4.98 Å². The van der Waals surface area contributed by atoms with Gasteiger partial charge in [-0.1, -0.05) is 6.92 Å². The molecule has 0 saturated carbocycles. The number of carboxylic acids is 1. The lowest BCUT2D eigenvalue weighted by molar-refractivity contribution is -0.137. The highest BCUT2D eigenvalue weighted by Gasteiger charge is 2.23. The summed E-state index contributed by atoms with van der Waals surface area (Å²) in [5.41, 5.74) is 4.62. The van der Waals surface area contributed by atoms with E-state index in [1.807, 2.05) is 13.8 Å². The lowest BCUT2D eigenvalue weighted by Gasteiger charge is -2.16. The largest absolute Gasteiger partial charge is 0.481 e. The maximum atomic E-state index is 10.7. The van der Waals surface area contributed by atoms with Gasteiger partial charge in [-0.15, -0.1) is 0 Å². The van der Waals surface area contributed by atoms with Crippen molar-refractivity contribution in [2.45, 2.75) is 39.2 Å². The van der Waals surface area contributed by atoms with Crippen LogP contribution in [0, 0.1) is 6.92 Å². The van der Waals surface area contributed by atoms with Gasteiger partial charge in [0.05, 0.1) is 19.6 Å². The Morgan fingerprint density at radius 2 is 2.38 bits per heavy atom. The predicted octanol–water partition coefficient (Wildman–Crippen LogP) is 1.97. The Morgan fingerprint density at radius 3 is 3.06 bits per heavy atom. The quantitative estimate of drug-likeness (QED) is 0.823. The second kappa shape index (κ2) is 4.29. The number of ether oxygens (including phenoxy) is 1. The van der Waals surface area contributed by atoms with Gasteiger partial charge in [0.25, 0.3) is 0 Å². The van der Waals surface area contributed by atoms with Gasteiger partial charge < -0.3 is 14.8 Å². The first-order valence-corrected chi connectivity index (χ1v) is 5.59. The number of H-pyrrole nitrogens is 1. The van der Waals surface area contributed by atoms with Crippen molar-refractivity contribution < 1.29 is 14.6 Å². The molecule has 1 aromatic rings. The molecule has 0 aliphatic carbocycles. The average molecular weight is 223 g/mol. The van der Waals surface area contributed by atoms with E-state index in [9.17, 15) is 4.79 Å². The van der Waals surface area contributed by atoms with Gasteiger partial charge in [0.1, 0.15) is 0 Å². The second-order valence-corrected chi connectivity index (χ2v) is 4.42. The van der Waals surface area contributed by atoms with Gasteiger partial charge in [0.2, 0.25) is 0 Å². The van der Waals surface area contributed by atoms with Crippen LogP contribution in [0.4, 0.5) is 0 Å². The fourth-order valence-corrected chi connectivity index (χ4v) is 2.52. The highest BCUT2D eigenvalue weighted by atomic mass is 16.5. The Morgan fingerprint density at radius 1 is 1.62 bits per heavy atom. The van der Waals surface area contributed by atoms with Crippen molar-refractivity contribution in [2.75, 3.05) is 6.61 Å². The standard InChI is InChI=1S/C12H17NO3/c1-7(5-11(14)15)12-8(2)13-10-3-4-16-6-9(10)12/h7,13H,3-6H2,1-2H3,(H,14,15). The lowest BCUT2D eigenvalue weighted by Crippen LogP contribution is -2.11. The van der Waals surface area contributed by atoms with Crippen molar-refractivity contribution in [3.05, 3.63) is 22.5 Å². The third-order valence-corrected chi connectivity index (χ3v) is 3.15. The number of aromatic nitrogens is 1. The van der Waals surface area contributed by atoms with Crippen LogP contribution in [0.5, 0.6) is 0 Å². The minimum absolute atomic E-state index is 0.0409. The first kappa shape index (κ1) is 11.2. The van der Waals surface area contributed by atoms with E-state index in [4.69, 9.17) is 9.84 Å². The maximum absolute atomic E-state index is 10.7. The first-order valence-electron chi connectivity index (χ1n) is 5.59. The van der Waals surface area contributed by atoms with Crippen LogP contribution in [0.25, 0.3) is 0 Å². The summed E-state index contributed by atoms with van der Waals surface area (Å²) in [5, 5.41) is 8.84. The summed E-state index contributed by atoms with van der Waals surface area (Å²) >= 11 is 0. The van der Waals surface area contributed by atoms with E-state index in [1.165, 1.54) is 11.3 Å². The molecule has 0 spiro atoms. The van der Waals surface area contributed by atoms with E-state index in [0.717, 1.165) is 24.3 Å². The summed E-state index contributed by atoms with van der Waals surface area (Å²) in [6.45, 7) is 5.32. The molecular weight excluding hydrogens is 206 g/mol. The minimum atomic E-state index is -0.751. The monoisotopic (exact) mass is 223 g/mol. The van der Waals surface area contributed by atoms with Crippen LogP contribution in [0.15, 0.2) is 0 Å². The molecule has 0 amide bonds. The molecule has 1 atom stereocenters. The van der Waals surface area contributed by atoms with Gasteiger partial charge in [-0.3, -0.25) is 4.79 Å². The molecular formula is C12H17NO3. The molecule has 0 radical (unpaired) electrons. The average Bonchev–Trinajstić information content (AvgIpc) is 2.52. The third-order valence-electron chi connectivity index (χ3n) is 3.15. The summed E-state index contributed by atoms with van der Waals surface area (Å²) in [4.78, 5) is 14.1. The zero-order valence-corrected chi connectivity index (χ0v) is 9.67. The third kappa shape index (κ3) is 1.97. The summed E-state index contributed by atoms with van der Waals surface area (Å²) in [6, 6.07) is 0. The van der Waals surface area contributed by atoms with Gasteiger partial charge in [0, 0.05) is 23.4 Å². The zero-order chi connectivity index (χ0) is 11.7. The number of carbonyl (C=O) groups is 1. The Bertz CT molecular complexity index is 409. The van der Waals surface area contributed by atoms with Gasteiger partial charge in [0.15, 0.2) is 0 Å². The molecule has 2 N–H and O–H groups in total. The number of carboxylic acid groups (broad SMARTS) is 1. The summed E-state index contributed by atoms with van der Waals surface area (Å²) in [7, 11) is 0. The SMILES string of the molecule is Cc1[nH]c2c(c1C(C)CC(=O)O)COCC2. The fourth-order valence-electron chi connectivity index (χ4n) is 2.52. The Balaban J connectivity index is 2.32. The number of fused-ring (bicyclic) bond motifs is 1. The number of hydrogen-bond donors (Lipinski definition) is 2. The smallest absolute Gasteiger partial charge is 0.303 e. The number of nitrogens with one attached hydrogen (secondary N) is 1. The minimum Gasteiger partial charge on any atom is -0.481 e. The normalized spacial score (nSPS) is 16.9. The van der Waals surface area contributed by atoms with Crippen LogP contribution in [0.1, 0.15) is 41.8 Å². The topological polar surface area (TPSA) is 62.3 Å². The fraction of sp³-hybridized carbons (Fsp3) is 0.583. The van der Waals surface area contributed by atoms with Crippen LogP contribution in [-0.2, 0) is 22.6 Å². The number of aliphatic carboxylic acids is 1.